The predicted octanol–water partition coefficient (Wildman–Crippen LogP) is 2.49. The Hall–Kier alpha value is 0.284. The van der Waals surface area contributed by atoms with Crippen LogP contribution in [0.4, 0.5) is 0 Å². The molecule has 2 heteroatoms. The zero-order valence-corrected chi connectivity index (χ0v) is 8.46. The zero-order chi connectivity index (χ0) is 7.82. The molecule has 0 spiro atoms. The van der Waals surface area contributed by atoms with Gasteiger partial charge in [0.1, 0.15) is 0 Å². The van der Waals surface area contributed by atoms with Gasteiger partial charge in [0.15, 0.2) is 0 Å². The van der Waals surface area contributed by atoms with E-state index < -0.39 is 0 Å². The van der Waals surface area contributed by atoms with Crippen LogP contribution in [0.25, 0.3) is 5.32 Å². The Morgan fingerprint density at radius 1 is 1.09 bits per heavy atom. The van der Waals surface area contributed by atoms with Crippen LogP contribution in [0.15, 0.2) is 30.3 Å². The molecular formula is C9H13LuN-2. The van der Waals surface area contributed by atoms with Crippen LogP contribution in [0.5, 0.6) is 0 Å². The van der Waals surface area contributed by atoms with Crippen LogP contribution in [0.3, 0.4) is 0 Å². The number of rotatable bonds is 0. The van der Waals surface area contributed by atoms with E-state index in [4.69, 9.17) is 0 Å². The van der Waals surface area contributed by atoms with Crippen molar-refractivity contribution in [3.8, 4) is 0 Å². The standard InChI is InChI=1S/C7H7.C2H6N.Lu/c1-7-5-3-2-4-6-7;1-3-2;/h2-6H,1H2;1-2H3;/q2*-1;. The van der Waals surface area contributed by atoms with Crippen molar-refractivity contribution in [1.29, 1.82) is 0 Å². The molecule has 0 aliphatic rings. The molecule has 0 saturated heterocycles. The van der Waals surface area contributed by atoms with E-state index in [-0.39, 0.29) is 36.9 Å². The van der Waals surface area contributed by atoms with Crippen molar-refractivity contribution in [2.75, 3.05) is 14.1 Å². The normalized spacial score (nSPS) is 7.09. The molecule has 0 aliphatic heterocycles. The fourth-order valence-electron chi connectivity index (χ4n) is 0.478. The predicted molar refractivity (Wildman–Crippen MR) is 46.1 cm³/mol. The first kappa shape index (κ1) is 13.8. The third kappa shape index (κ3) is 10.3. The summed E-state index contributed by atoms with van der Waals surface area (Å²) in [5, 5.41) is 3.50. The maximum atomic E-state index is 3.72. The monoisotopic (exact) mass is 310 g/mol. The molecule has 0 aromatic heterocycles. The fourth-order valence-corrected chi connectivity index (χ4v) is 0.478. The summed E-state index contributed by atoms with van der Waals surface area (Å²) in [7, 11) is 3.50. The summed E-state index contributed by atoms with van der Waals surface area (Å²) < 4.78 is 0. The molecule has 0 atom stereocenters. The molecule has 0 bridgehead atoms. The molecule has 1 rings (SSSR count). The molecule has 1 aromatic rings. The molecule has 1 nitrogen and oxygen atoms in total. The van der Waals surface area contributed by atoms with Gasteiger partial charge in [-0.1, -0.05) is 6.07 Å². The van der Waals surface area contributed by atoms with Gasteiger partial charge in [-0.15, -0.1) is 12.1 Å². The van der Waals surface area contributed by atoms with Gasteiger partial charge in [0.25, 0.3) is 0 Å². The van der Waals surface area contributed by atoms with Crippen LogP contribution in [0, 0.1) is 43.8 Å². The SMILES string of the molecule is C[N-]C.[CH2-]c1ccccc1.[Lu]. The molecule has 0 saturated carbocycles. The van der Waals surface area contributed by atoms with Crippen LogP contribution in [0.2, 0.25) is 0 Å². The summed E-state index contributed by atoms with van der Waals surface area (Å²) in [5.74, 6) is 0. The number of hydrogen-bond acceptors (Lipinski definition) is 0. The van der Waals surface area contributed by atoms with Crippen molar-refractivity contribution >= 4 is 0 Å². The Bertz CT molecular complexity index is 151. The summed E-state index contributed by atoms with van der Waals surface area (Å²) in [5.41, 5.74) is 1.07. The van der Waals surface area contributed by atoms with Crippen LogP contribution in [-0.4, -0.2) is 14.1 Å². The van der Waals surface area contributed by atoms with E-state index in [0.717, 1.165) is 5.56 Å². The van der Waals surface area contributed by atoms with Gasteiger partial charge in [-0.3, -0.25) is 0 Å². The van der Waals surface area contributed by atoms with Crippen molar-refractivity contribution in [2.45, 2.75) is 0 Å². The third-order valence-corrected chi connectivity index (χ3v) is 0.843. The Kier molecular flexibility index (Phi) is 12.9. The zero-order valence-electron chi connectivity index (χ0n) is 6.80. The minimum atomic E-state index is 0. The largest absolute Gasteiger partial charge is 0.668 e. The van der Waals surface area contributed by atoms with Crippen LogP contribution < -0.4 is 0 Å². The second-order valence-corrected chi connectivity index (χ2v) is 1.93. The van der Waals surface area contributed by atoms with E-state index in [1.807, 2.05) is 30.3 Å². The Morgan fingerprint density at radius 2 is 1.45 bits per heavy atom. The summed E-state index contributed by atoms with van der Waals surface area (Å²) in [4.78, 5) is 0. The van der Waals surface area contributed by atoms with E-state index in [1.165, 1.54) is 0 Å². The second kappa shape index (κ2) is 10.3. The van der Waals surface area contributed by atoms with E-state index >= 15 is 0 Å². The third-order valence-electron chi connectivity index (χ3n) is 0.843. The number of benzene rings is 1. The van der Waals surface area contributed by atoms with E-state index in [9.17, 15) is 0 Å². The van der Waals surface area contributed by atoms with Crippen molar-refractivity contribution < 1.29 is 36.9 Å². The van der Waals surface area contributed by atoms with E-state index in [0.29, 0.717) is 0 Å². The van der Waals surface area contributed by atoms with Gasteiger partial charge in [-0.25, -0.2) is 0 Å². The fraction of sp³-hybridized carbons (Fsp3) is 0.222. The quantitative estimate of drug-likeness (QED) is 0.654. The smallest absolute Gasteiger partial charge is 0 e. The van der Waals surface area contributed by atoms with Gasteiger partial charge < -0.3 is 5.32 Å². The van der Waals surface area contributed by atoms with E-state index in [1.54, 1.807) is 14.1 Å². The van der Waals surface area contributed by atoms with Crippen molar-refractivity contribution in [2.24, 2.45) is 0 Å². The van der Waals surface area contributed by atoms with Gasteiger partial charge in [0.2, 0.25) is 0 Å². The van der Waals surface area contributed by atoms with Gasteiger partial charge in [-0.2, -0.15) is 38.7 Å². The summed E-state index contributed by atoms with van der Waals surface area (Å²) in [6, 6.07) is 9.87. The van der Waals surface area contributed by atoms with Gasteiger partial charge in [0, 0.05) is 36.9 Å². The summed E-state index contributed by atoms with van der Waals surface area (Å²) in [6.45, 7) is 3.72. The first-order chi connectivity index (χ1) is 4.81. The van der Waals surface area contributed by atoms with Crippen LogP contribution in [-0.2, 0) is 0 Å². The Morgan fingerprint density at radius 3 is 1.64 bits per heavy atom. The molecule has 0 aliphatic carbocycles. The first-order valence-electron chi connectivity index (χ1n) is 3.16. The van der Waals surface area contributed by atoms with Crippen LogP contribution in [0.1, 0.15) is 5.56 Å². The molecule has 0 heterocycles. The van der Waals surface area contributed by atoms with E-state index in [2.05, 4.69) is 12.2 Å². The summed E-state index contributed by atoms with van der Waals surface area (Å²) >= 11 is 0. The van der Waals surface area contributed by atoms with Crippen molar-refractivity contribution in [3.05, 3.63) is 48.1 Å². The molecule has 71 valence electrons. The second-order valence-electron chi connectivity index (χ2n) is 1.93. The minimum Gasteiger partial charge on any atom is -0.668 e. The molecular weight excluding hydrogens is 297 g/mol. The molecule has 0 amide bonds. The van der Waals surface area contributed by atoms with Crippen molar-refractivity contribution in [1.82, 2.24) is 0 Å². The topological polar surface area (TPSA) is 14.1 Å². The molecule has 0 fully saturated rings. The minimum absolute atomic E-state index is 0. The van der Waals surface area contributed by atoms with Crippen molar-refractivity contribution in [3.63, 3.8) is 0 Å². The molecule has 1 radical (unpaired) electrons. The maximum Gasteiger partial charge on any atom is 0 e. The van der Waals surface area contributed by atoms with Gasteiger partial charge in [0.05, 0.1) is 0 Å². The molecule has 0 unspecified atom stereocenters. The number of hydrogen-bond donors (Lipinski definition) is 0. The summed E-state index contributed by atoms with van der Waals surface area (Å²) in [6.07, 6.45) is 0. The molecule has 11 heavy (non-hydrogen) atoms. The van der Waals surface area contributed by atoms with Gasteiger partial charge >= 0.3 is 0 Å². The molecule has 0 N–H and O–H groups in total. The average molecular weight is 310 g/mol. The van der Waals surface area contributed by atoms with Crippen LogP contribution >= 0.6 is 0 Å². The Labute approximate surface area is 98.4 Å². The van der Waals surface area contributed by atoms with Gasteiger partial charge in [-0.05, 0) is 0 Å². The molecule has 1 aromatic carbocycles. The Balaban J connectivity index is 0. The average Bonchev–Trinajstić information content (AvgIpc) is 1.91. The maximum absolute atomic E-state index is 3.72. The number of nitrogens with zero attached hydrogens (tertiary/aromatic N) is 1. The first-order valence-corrected chi connectivity index (χ1v) is 3.16.